The fraction of sp³-hybridized carbons (Fsp3) is 0.250. The van der Waals surface area contributed by atoms with Gasteiger partial charge in [0.2, 0.25) is 0 Å². The first-order valence-corrected chi connectivity index (χ1v) is 6.43. The number of hydrogen-bond acceptors (Lipinski definition) is 3. The Morgan fingerprint density at radius 2 is 2.15 bits per heavy atom. The van der Waals surface area contributed by atoms with Crippen molar-refractivity contribution in [3.8, 4) is 12.3 Å². The number of carbonyl (C=O) groups is 1. The van der Waals surface area contributed by atoms with E-state index in [0.29, 0.717) is 17.5 Å². The molecule has 0 aliphatic rings. The standard InChI is InChI=1S/C16H15NO3/c1-3-9-17(10-4-2)15(18)13-11-12-7-5-6-8-14(12)20-16(13)19/h1,5-8,11H,4,9-10H2,2H3. The highest BCUT2D eigenvalue weighted by molar-refractivity contribution is 5.96. The molecule has 0 aliphatic carbocycles. The summed E-state index contributed by atoms with van der Waals surface area (Å²) in [5, 5.41) is 0.715. The van der Waals surface area contributed by atoms with Crippen LogP contribution in [-0.2, 0) is 0 Å². The molecule has 20 heavy (non-hydrogen) atoms. The summed E-state index contributed by atoms with van der Waals surface area (Å²) >= 11 is 0. The van der Waals surface area contributed by atoms with Gasteiger partial charge in [0.25, 0.3) is 5.91 Å². The van der Waals surface area contributed by atoms with E-state index in [9.17, 15) is 9.59 Å². The Balaban J connectivity index is 2.46. The SMILES string of the molecule is C#CCN(CCC)C(=O)c1cc2ccccc2oc1=O. The van der Waals surface area contributed by atoms with E-state index in [1.807, 2.05) is 13.0 Å². The summed E-state index contributed by atoms with van der Waals surface area (Å²) in [4.78, 5) is 25.8. The summed E-state index contributed by atoms with van der Waals surface area (Å²) in [5.41, 5.74) is -0.146. The Kier molecular flexibility index (Phi) is 4.21. The number of para-hydroxylation sites is 1. The number of fused-ring (bicyclic) bond motifs is 1. The number of carbonyl (C=O) groups excluding carboxylic acids is 1. The second kappa shape index (κ2) is 6.07. The van der Waals surface area contributed by atoms with E-state index in [1.165, 1.54) is 4.90 Å². The molecule has 0 saturated carbocycles. The molecule has 0 aliphatic heterocycles. The first-order chi connectivity index (χ1) is 9.67. The monoisotopic (exact) mass is 269 g/mol. The highest BCUT2D eigenvalue weighted by Crippen LogP contribution is 2.13. The number of amides is 1. The van der Waals surface area contributed by atoms with Crippen LogP contribution in [0.1, 0.15) is 23.7 Å². The molecular weight excluding hydrogens is 254 g/mol. The van der Waals surface area contributed by atoms with Crippen molar-refractivity contribution in [2.75, 3.05) is 13.1 Å². The van der Waals surface area contributed by atoms with E-state index in [1.54, 1.807) is 24.3 Å². The van der Waals surface area contributed by atoms with Gasteiger partial charge in [-0.3, -0.25) is 4.79 Å². The van der Waals surface area contributed by atoms with Crippen molar-refractivity contribution in [1.82, 2.24) is 4.90 Å². The van der Waals surface area contributed by atoms with Crippen LogP contribution in [0.2, 0.25) is 0 Å². The molecule has 1 heterocycles. The molecule has 0 N–H and O–H groups in total. The summed E-state index contributed by atoms with van der Waals surface area (Å²) in [7, 11) is 0. The Morgan fingerprint density at radius 1 is 1.40 bits per heavy atom. The van der Waals surface area contributed by atoms with Crippen LogP contribution in [0.3, 0.4) is 0 Å². The van der Waals surface area contributed by atoms with Crippen molar-refractivity contribution in [3.63, 3.8) is 0 Å². The van der Waals surface area contributed by atoms with E-state index in [-0.39, 0.29) is 18.0 Å². The van der Waals surface area contributed by atoms with E-state index >= 15 is 0 Å². The molecule has 0 unspecified atom stereocenters. The van der Waals surface area contributed by atoms with Crippen molar-refractivity contribution < 1.29 is 9.21 Å². The lowest BCUT2D eigenvalue weighted by Gasteiger charge is -2.18. The fourth-order valence-electron chi connectivity index (χ4n) is 2.01. The van der Waals surface area contributed by atoms with Crippen LogP contribution in [-0.4, -0.2) is 23.9 Å². The maximum absolute atomic E-state index is 12.4. The summed E-state index contributed by atoms with van der Waals surface area (Å²) in [6, 6.07) is 8.63. The molecule has 0 bridgehead atoms. The minimum atomic E-state index is -0.633. The van der Waals surface area contributed by atoms with Crippen molar-refractivity contribution in [2.24, 2.45) is 0 Å². The molecule has 4 nitrogen and oxygen atoms in total. The first kappa shape index (κ1) is 13.9. The predicted molar refractivity (Wildman–Crippen MR) is 77.5 cm³/mol. The largest absolute Gasteiger partial charge is 0.422 e. The van der Waals surface area contributed by atoms with Crippen molar-refractivity contribution in [3.05, 3.63) is 46.3 Å². The summed E-state index contributed by atoms with van der Waals surface area (Å²) < 4.78 is 5.17. The van der Waals surface area contributed by atoms with Crippen LogP contribution >= 0.6 is 0 Å². The second-order valence-corrected chi connectivity index (χ2v) is 4.42. The molecule has 102 valence electrons. The molecule has 0 atom stereocenters. The van der Waals surface area contributed by atoms with Crippen LogP contribution in [0.15, 0.2) is 39.5 Å². The molecular formula is C16H15NO3. The maximum atomic E-state index is 12.4. The molecule has 1 aromatic carbocycles. The normalized spacial score (nSPS) is 10.2. The van der Waals surface area contributed by atoms with Gasteiger partial charge in [-0.1, -0.05) is 31.0 Å². The van der Waals surface area contributed by atoms with Gasteiger partial charge in [-0.25, -0.2) is 4.79 Å². The molecule has 0 spiro atoms. The third-order valence-electron chi connectivity index (χ3n) is 2.93. The quantitative estimate of drug-likeness (QED) is 0.632. The number of hydrogen-bond donors (Lipinski definition) is 0. The Labute approximate surface area is 117 Å². The van der Waals surface area contributed by atoms with Gasteiger partial charge in [-0.15, -0.1) is 6.42 Å². The van der Waals surface area contributed by atoms with E-state index in [0.717, 1.165) is 6.42 Å². The van der Waals surface area contributed by atoms with E-state index in [4.69, 9.17) is 10.8 Å². The lowest BCUT2D eigenvalue weighted by molar-refractivity contribution is 0.0773. The van der Waals surface area contributed by atoms with Gasteiger partial charge in [0, 0.05) is 11.9 Å². The van der Waals surface area contributed by atoms with Gasteiger partial charge < -0.3 is 9.32 Å². The maximum Gasteiger partial charge on any atom is 0.349 e. The lowest BCUT2D eigenvalue weighted by Crippen LogP contribution is -2.35. The van der Waals surface area contributed by atoms with Crippen molar-refractivity contribution >= 4 is 16.9 Å². The van der Waals surface area contributed by atoms with Crippen LogP contribution in [0.5, 0.6) is 0 Å². The smallest absolute Gasteiger partial charge is 0.349 e. The summed E-state index contributed by atoms with van der Waals surface area (Å²) in [6.07, 6.45) is 6.03. The lowest BCUT2D eigenvalue weighted by atomic mass is 10.1. The summed E-state index contributed by atoms with van der Waals surface area (Å²) in [5.74, 6) is 2.05. The molecule has 0 fully saturated rings. The van der Waals surface area contributed by atoms with E-state index < -0.39 is 5.63 Å². The minimum Gasteiger partial charge on any atom is -0.422 e. The highest BCUT2D eigenvalue weighted by Gasteiger charge is 2.19. The van der Waals surface area contributed by atoms with Crippen molar-refractivity contribution in [2.45, 2.75) is 13.3 Å². The third kappa shape index (κ3) is 2.72. The zero-order valence-corrected chi connectivity index (χ0v) is 11.3. The molecule has 1 amide bonds. The van der Waals surface area contributed by atoms with Gasteiger partial charge in [0.1, 0.15) is 11.1 Å². The number of terminal acetylenes is 1. The van der Waals surface area contributed by atoms with Crippen LogP contribution in [0.25, 0.3) is 11.0 Å². The predicted octanol–water partition coefficient (Wildman–Crippen LogP) is 2.28. The van der Waals surface area contributed by atoms with Gasteiger partial charge >= 0.3 is 5.63 Å². The van der Waals surface area contributed by atoms with Crippen LogP contribution in [0, 0.1) is 12.3 Å². The first-order valence-electron chi connectivity index (χ1n) is 6.43. The number of rotatable bonds is 4. The van der Waals surface area contributed by atoms with Gasteiger partial charge in [-0.05, 0) is 18.6 Å². The Bertz CT molecular complexity index is 724. The molecule has 1 aromatic heterocycles. The zero-order chi connectivity index (χ0) is 14.5. The van der Waals surface area contributed by atoms with Gasteiger partial charge in [0.05, 0.1) is 6.54 Å². The van der Waals surface area contributed by atoms with Crippen molar-refractivity contribution in [1.29, 1.82) is 0 Å². The second-order valence-electron chi connectivity index (χ2n) is 4.42. The molecule has 2 rings (SSSR count). The van der Waals surface area contributed by atoms with Crippen LogP contribution < -0.4 is 5.63 Å². The summed E-state index contributed by atoms with van der Waals surface area (Å²) in [6.45, 7) is 2.63. The highest BCUT2D eigenvalue weighted by atomic mass is 16.4. The van der Waals surface area contributed by atoms with Crippen LogP contribution in [0.4, 0.5) is 0 Å². The fourth-order valence-corrected chi connectivity index (χ4v) is 2.01. The molecule has 0 saturated heterocycles. The molecule has 4 heteroatoms. The van der Waals surface area contributed by atoms with E-state index in [2.05, 4.69) is 5.92 Å². The third-order valence-corrected chi connectivity index (χ3v) is 2.93. The average molecular weight is 269 g/mol. The van der Waals surface area contributed by atoms with Gasteiger partial charge in [0.15, 0.2) is 0 Å². The number of benzene rings is 1. The number of nitrogens with zero attached hydrogens (tertiary/aromatic N) is 1. The van der Waals surface area contributed by atoms with Gasteiger partial charge in [-0.2, -0.15) is 0 Å². The Hall–Kier alpha value is -2.54. The minimum absolute atomic E-state index is 0.0207. The Morgan fingerprint density at radius 3 is 2.85 bits per heavy atom. The average Bonchev–Trinajstić information content (AvgIpc) is 2.45. The topological polar surface area (TPSA) is 50.5 Å². The molecule has 0 radical (unpaired) electrons. The molecule has 2 aromatic rings. The zero-order valence-electron chi connectivity index (χ0n) is 11.3.